The van der Waals surface area contributed by atoms with Gasteiger partial charge in [0.05, 0.1) is 11.3 Å². The van der Waals surface area contributed by atoms with Crippen LogP contribution in [0.5, 0.6) is 0 Å². The Labute approximate surface area is 124 Å². The predicted octanol–water partition coefficient (Wildman–Crippen LogP) is 2.56. The van der Waals surface area contributed by atoms with Gasteiger partial charge in [0.2, 0.25) is 0 Å². The molecule has 1 aliphatic rings. The third kappa shape index (κ3) is 2.82. The van der Waals surface area contributed by atoms with E-state index in [2.05, 4.69) is 4.98 Å². The molecule has 1 unspecified atom stereocenters. The van der Waals surface area contributed by atoms with Crippen LogP contribution in [0.4, 0.5) is 0 Å². The van der Waals surface area contributed by atoms with Gasteiger partial charge in [0.15, 0.2) is 11.5 Å². The number of Topliss-reactive ketones (excluding diaryl/α,β-unsaturated/α-hetero) is 1. The molecule has 0 spiro atoms. The topological polar surface area (TPSA) is 70.5 Å². The van der Waals surface area contributed by atoms with Crippen molar-refractivity contribution >= 4 is 11.7 Å². The van der Waals surface area contributed by atoms with Crippen molar-refractivity contribution in [2.45, 2.75) is 39.2 Å². The van der Waals surface area contributed by atoms with Crippen LogP contribution >= 0.6 is 0 Å². The van der Waals surface area contributed by atoms with Crippen LogP contribution in [-0.2, 0) is 9.59 Å². The normalized spacial score (nSPS) is 18.5. The lowest BCUT2D eigenvalue weighted by Crippen LogP contribution is -2.32. The van der Waals surface area contributed by atoms with Gasteiger partial charge in [-0.15, -0.1) is 0 Å². The van der Waals surface area contributed by atoms with Gasteiger partial charge in [-0.3, -0.25) is 14.6 Å². The van der Waals surface area contributed by atoms with E-state index in [4.69, 9.17) is 0 Å². The van der Waals surface area contributed by atoms with E-state index in [-0.39, 0.29) is 17.8 Å². The van der Waals surface area contributed by atoms with Crippen LogP contribution < -0.4 is 0 Å². The zero-order valence-corrected chi connectivity index (χ0v) is 12.4. The molecule has 2 heterocycles. The van der Waals surface area contributed by atoms with Crippen molar-refractivity contribution in [1.29, 1.82) is 0 Å². The smallest absolute Gasteiger partial charge is 0.290 e. The molecule has 0 radical (unpaired) electrons. The van der Waals surface area contributed by atoms with Gasteiger partial charge >= 0.3 is 0 Å². The molecule has 0 bridgehead atoms. The summed E-state index contributed by atoms with van der Waals surface area (Å²) < 4.78 is 0. The Hall–Kier alpha value is -2.17. The molecular formula is C16H20N2O3. The summed E-state index contributed by atoms with van der Waals surface area (Å²) in [6.45, 7) is 4.25. The van der Waals surface area contributed by atoms with E-state index in [9.17, 15) is 14.7 Å². The zero-order chi connectivity index (χ0) is 15.4. The number of hydrogen-bond acceptors (Lipinski definition) is 4. The molecule has 1 aliphatic heterocycles. The molecule has 5 nitrogen and oxygen atoms in total. The largest absolute Gasteiger partial charge is 0.503 e. The Bertz CT molecular complexity index is 566. The second-order valence-electron chi connectivity index (χ2n) is 5.05. The highest BCUT2D eigenvalue weighted by Crippen LogP contribution is 2.37. The summed E-state index contributed by atoms with van der Waals surface area (Å²) in [5, 5.41) is 10.1. The lowest BCUT2D eigenvalue weighted by Gasteiger charge is -2.25. The Morgan fingerprint density at radius 1 is 1.38 bits per heavy atom. The van der Waals surface area contributed by atoms with Crippen LogP contribution in [0.1, 0.15) is 44.8 Å². The van der Waals surface area contributed by atoms with Gasteiger partial charge in [-0.25, -0.2) is 0 Å². The molecule has 0 saturated carbocycles. The van der Waals surface area contributed by atoms with E-state index < -0.39 is 17.7 Å². The van der Waals surface area contributed by atoms with Crippen molar-refractivity contribution in [2.24, 2.45) is 0 Å². The first kappa shape index (κ1) is 15.2. The van der Waals surface area contributed by atoms with Crippen molar-refractivity contribution < 1.29 is 14.7 Å². The van der Waals surface area contributed by atoms with Crippen LogP contribution in [0, 0.1) is 0 Å². The maximum absolute atomic E-state index is 12.3. The number of aliphatic hydroxyl groups is 1. The summed E-state index contributed by atoms with van der Waals surface area (Å²) >= 11 is 0. The standard InChI is InChI=1S/C16H20N2O3/c1-3-5-10-18-14(11-8-6-7-9-17-11)13(12(19)4-2)15(20)16(18)21/h6-9,14,20H,3-5,10H2,1-2H3. The monoisotopic (exact) mass is 288 g/mol. The molecule has 1 amide bonds. The third-order valence-corrected chi connectivity index (χ3v) is 3.65. The maximum atomic E-state index is 12.3. The van der Waals surface area contributed by atoms with Crippen LogP contribution in [0.25, 0.3) is 0 Å². The maximum Gasteiger partial charge on any atom is 0.290 e. The van der Waals surface area contributed by atoms with E-state index in [1.54, 1.807) is 30.2 Å². The molecule has 1 aromatic rings. The summed E-state index contributed by atoms with van der Waals surface area (Å²) in [4.78, 5) is 30.2. The second-order valence-corrected chi connectivity index (χ2v) is 5.05. The Morgan fingerprint density at radius 2 is 2.14 bits per heavy atom. The van der Waals surface area contributed by atoms with Gasteiger partial charge in [0, 0.05) is 19.2 Å². The Kier molecular flexibility index (Phi) is 4.73. The van der Waals surface area contributed by atoms with Crippen LogP contribution in [0.2, 0.25) is 0 Å². The average molecular weight is 288 g/mol. The molecule has 5 heteroatoms. The number of carbonyl (C=O) groups excluding carboxylic acids is 2. The second kappa shape index (κ2) is 6.52. The van der Waals surface area contributed by atoms with Gasteiger partial charge in [0.1, 0.15) is 6.04 Å². The summed E-state index contributed by atoms with van der Waals surface area (Å²) in [6.07, 6.45) is 3.62. The van der Waals surface area contributed by atoms with Crippen LogP contribution in [0.3, 0.4) is 0 Å². The minimum Gasteiger partial charge on any atom is -0.503 e. The Morgan fingerprint density at radius 3 is 2.71 bits per heavy atom. The highest BCUT2D eigenvalue weighted by atomic mass is 16.3. The van der Waals surface area contributed by atoms with Crippen LogP contribution in [0.15, 0.2) is 35.7 Å². The van der Waals surface area contributed by atoms with E-state index >= 15 is 0 Å². The number of rotatable bonds is 6. The van der Waals surface area contributed by atoms with Crippen molar-refractivity contribution in [1.82, 2.24) is 9.88 Å². The number of nitrogens with zero attached hydrogens (tertiary/aromatic N) is 2. The van der Waals surface area contributed by atoms with Gasteiger partial charge in [0.25, 0.3) is 5.91 Å². The first-order chi connectivity index (χ1) is 10.1. The molecule has 0 aliphatic carbocycles. The molecule has 1 atom stereocenters. The number of aromatic nitrogens is 1. The van der Waals surface area contributed by atoms with Crippen molar-refractivity contribution in [3.05, 3.63) is 41.4 Å². The average Bonchev–Trinajstić information content (AvgIpc) is 2.77. The summed E-state index contributed by atoms with van der Waals surface area (Å²) in [7, 11) is 0. The fourth-order valence-corrected chi connectivity index (χ4v) is 2.53. The molecule has 1 N–H and O–H groups in total. The lowest BCUT2D eigenvalue weighted by molar-refractivity contribution is -0.129. The fourth-order valence-electron chi connectivity index (χ4n) is 2.53. The van der Waals surface area contributed by atoms with E-state index in [1.807, 2.05) is 13.0 Å². The fraction of sp³-hybridized carbons (Fsp3) is 0.438. The summed E-state index contributed by atoms with van der Waals surface area (Å²) in [5.74, 6) is -1.11. The third-order valence-electron chi connectivity index (χ3n) is 3.65. The number of ketones is 1. The summed E-state index contributed by atoms with van der Waals surface area (Å²) in [6, 6.07) is 4.80. The van der Waals surface area contributed by atoms with Crippen molar-refractivity contribution in [2.75, 3.05) is 6.54 Å². The van der Waals surface area contributed by atoms with Crippen LogP contribution in [-0.4, -0.2) is 33.2 Å². The lowest BCUT2D eigenvalue weighted by atomic mass is 9.98. The van der Waals surface area contributed by atoms with E-state index in [0.717, 1.165) is 12.8 Å². The molecular weight excluding hydrogens is 268 g/mol. The Balaban J connectivity index is 2.45. The number of amides is 1. The first-order valence-corrected chi connectivity index (χ1v) is 7.30. The molecule has 0 saturated heterocycles. The first-order valence-electron chi connectivity index (χ1n) is 7.30. The molecule has 1 aromatic heterocycles. The number of pyridine rings is 1. The SMILES string of the molecule is CCCCN1C(=O)C(O)=C(C(=O)CC)C1c1ccccn1. The molecule has 0 fully saturated rings. The highest BCUT2D eigenvalue weighted by Gasteiger charge is 2.43. The molecule has 2 rings (SSSR count). The predicted molar refractivity (Wildman–Crippen MR) is 78.6 cm³/mol. The number of carbonyl (C=O) groups is 2. The minimum atomic E-state index is -0.572. The number of aliphatic hydroxyl groups excluding tert-OH is 1. The molecule has 21 heavy (non-hydrogen) atoms. The van der Waals surface area contributed by atoms with Gasteiger partial charge in [-0.1, -0.05) is 26.3 Å². The van der Waals surface area contributed by atoms with Crippen molar-refractivity contribution in [3.63, 3.8) is 0 Å². The van der Waals surface area contributed by atoms with Crippen molar-refractivity contribution in [3.8, 4) is 0 Å². The number of hydrogen-bond donors (Lipinski definition) is 1. The van der Waals surface area contributed by atoms with Gasteiger partial charge in [-0.05, 0) is 18.6 Å². The molecule has 0 aromatic carbocycles. The van der Waals surface area contributed by atoms with E-state index in [1.165, 1.54) is 0 Å². The summed E-state index contributed by atoms with van der Waals surface area (Å²) in [5.41, 5.74) is 0.792. The quantitative estimate of drug-likeness (QED) is 0.873. The minimum absolute atomic E-state index is 0.178. The molecule has 112 valence electrons. The highest BCUT2D eigenvalue weighted by molar-refractivity contribution is 6.08. The van der Waals surface area contributed by atoms with Gasteiger partial charge in [-0.2, -0.15) is 0 Å². The zero-order valence-electron chi connectivity index (χ0n) is 12.4. The number of unbranched alkanes of at least 4 members (excludes halogenated alkanes) is 1. The van der Waals surface area contributed by atoms with Gasteiger partial charge < -0.3 is 10.0 Å². The van der Waals surface area contributed by atoms with E-state index in [0.29, 0.717) is 12.2 Å².